The van der Waals surface area contributed by atoms with Gasteiger partial charge >= 0.3 is 6.09 Å². The van der Waals surface area contributed by atoms with Gasteiger partial charge in [-0.25, -0.2) is 4.79 Å². The summed E-state index contributed by atoms with van der Waals surface area (Å²) in [6, 6.07) is 0. The minimum absolute atomic E-state index is 0.319. The number of ether oxygens (including phenoxy) is 1. The maximum atomic E-state index is 9.37. The second-order valence-corrected chi connectivity index (χ2v) is 1.25. The van der Waals surface area contributed by atoms with Crippen molar-refractivity contribution in [2.45, 2.75) is 13.3 Å². The number of aliphatic hydroxyl groups is 1. The van der Waals surface area contributed by atoms with Crippen molar-refractivity contribution in [3.05, 3.63) is 0 Å². The summed E-state index contributed by atoms with van der Waals surface area (Å²) in [7, 11) is 1.22. The molecule has 0 bridgehead atoms. The zero-order valence-corrected chi connectivity index (χ0v) is 5.76. The van der Waals surface area contributed by atoms with E-state index < -0.39 is 6.09 Å². The van der Waals surface area contributed by atoms with Crippen molar-refractivity contribution in [1.29, 1.82) is 0 Å². The fourth-order valence-electron chi connectivity index (χ4n) is 0. The number of amides is 1. The molecule has 0 fully saturated rings. The normalized spacial score (nSPS) is 7.00. The van der Waals surface area contributed by atoms with Crippen LogP contribution in [-0.4, -0.2) is 24.9 Å². The van der Waals surface area contributed by atoms with E-state index in [1.54, 1.807) is 0 Å². The minimum atomic E-state index is -0.745. The Morgan fingerprint density at radius 2 is 2.00 bits per heavy atom. The van der Waals surface area contributed by atoms with Crippen LogP contribution in [0.3, 0.4) is 0 Å². The van der Waals surface area contributed by atoms with Gasteiger partial charge in [0.25, 0.3) is 0 Å². The van der Waals surface area contributed by atoms with Crippen LogP contribution >= 0.6 is 0 Å². The first kappa shape index (κ1) is 11.1. The number of carbonyl (C=O) groups is 1. The number of primary amides is 1. The smallest absolute Gasteiger partial charge is 0.404 e. The van der Waals surface area contributed by atoms with Crippen LogP contribution in [0, 0.1) is 0 Å². The number of hydrogen-bond donors (Lipinski definition) is 2. The molecule has 1 amide bonds. The third-order valence-electron chi connectivity index (χ3n) is 0.425. The predicted molar refractivity (Wildman–Crippen MR) is 34.0 cm³/mol. The van der Waals surface area contributed by atoms with Crippen molar-refractivity contribution in [2.24, 2.45) is 5.73 Å². The van der Waals surface area contributed by atoms with E-state index in [-0.39, 0.29) is 0 Å². The molecule has 0 saturated carbocycles. The molecule has 0 unspecified atom stereocenters. The molecule has 0 radical (unpaired) electrons. The Morgan fingerprint density at radius 3 is 2.00 bits per heavy atom. The van der Waals surface area contributed by atoms with Crippen LogP contribution in [0.5, 0.6) is 0 Å². The first-order valence-electron chi connectivity index (χ1n) is 2.63. The van der Waals surface area contributed by atoms with Crippen LogP contribution in [-0.2, 0) is 4.74 Å². The number of aliphatic hydroxyl groups excluding tert-OH is 1. The van der Waals surface area contributed by atoms with Gasteiger partial charge in [-0.3, -0.25) is 0 Å². The average Bonchev–Trinajstić information content (AvgIpc) is 1.89. The highest BCUT2D eigenvalue weighted by Crippen LogP contribution is 1.61. The summed E-state index contributed by atoms with van der Waals surface area (Å²) in [5, 5.41) is 7.88. The zero-order chi connectivity index (χ0) is 7.70. The number of rotatable bonds is 1. The van der Waals surface area contributed by atoms with Gasteiger partial charge in [-0.05, 0) is 6.42 Å². The van der Waals surface area contributed by atoms with Gasteiger partial charge in [0.15, 0.2) is 0 Å². The summed E-state index contributed by atoms with van der Waals surface area (Å²) < 4.78 is 3.89. The second-order valence-electron chi connectivity index (χ2n) is 1.25. The summed E-state index contributed by atoms with van der Waals surface area (Å²) >= 11 is 0. The lowest BCUT2D eigenvalue weighted by atomic mass is 10.5. The first-order valence-corrected chi connectivity index (χ1v) is 2.63. The molecular formula is C5H13NO3. The van der Waals surface area contributed by atoms with Gasteiger partial charge in [0.05, 0.1) is 7.11 Å². The highest BCUT2D eigenvalue weighted by molar-refractivity contribution is 5.64. The third-order valence-corrected chi connectivity index (χ3v) is 0.425. The lowest BCUT2D eigenvalue weighted by Gasteiger charge is -1.81. The molecule has 56 valence electrons. The van der Waals surface area contributed by atoms with Crippen LogP contribution < -0.4 is 5.73 Å². The van der Waals surface area contributed by atoms with Crippen LogP contribution in [0.1, 0.15) is 13.3 Å². The molecule has 0 aromatic carbocycles. The van der Waals surface area contributed by atoms with Gasteiger partial charge in [0.1, 0.15) is 0 Å². The molecule has 0 rings (SSSR count). The highest BCUT2D eigenvalue weighted by atomic mass is 16.5. The maximum absolute atomic E-state index is 9.37. The lowest BCUT2D eigenvalue weighted by Crippen LogP contribution is -2.08. The van der Waals surface area contributed by atoms with Gasteiger partial charge in [-0.2, -0.15) is 0 Å². The summed E-state index contributed by atoms with van der Waals surface area (Å²) in [4.78, 5) is 9.37. The standard InChI is InChI=1S/C3H8O.C2H5NO2/c1-2-3-4;1-5-2(3)4/h4H,2-3H2,1H3;1H3,(H2,3,4). The number of hydrogen-bond acceptors (Lipinski definition) is 3. The summed E-state index contributed by atoms with van der Waals surface area (Å²) in [5.41, 5.74) is 4.43. The Kier molecular flexibility index (Phi) is 12.6. The Morgan fingerprint density at radius 1 is 1.78 bits per heavy atom. The van der Waals surface area contributed by atoms with Crippen molar-refractivity contribution in [1.82, 2.24) is 0 Å². The van der Waals surface area contributed by atoms with E-state index in [1.807, 2.05) is 6.92 Å². The van der Waals surface area contributed by atoms with E-state index in [0.29, 0.717) is 6.61 Å². The van der Waals surface area contributed by atoms with Crippen molar-refractivity contribution < 1.29 is 14.6 Å². The largest absolute Gasteiger partial charge is 0.453 e. The Hall–Kier alpha value is -0.770. The van der Waals surface area contributed by atoms with Crippen molar-refractivity contribution in [2.75, 3.05) is 13.7 Å². The van der Waals surface area contributed by atoms with E-state index in [1.165, 1.54) is 7.11 Å². The molecule has 0 atom stereocenters. The molecule has 0 spiro atoms. The molecule has 3 N–H and O–H groups in total. The van der Waals surface area contributed by atoms with Crippen LogP contribution in [0.4, 0.5) is 4.79 Å². The van der Waals surface area contributed by atoms with Gasteiger partial charge in [-0.1, -0.05) is 6.92 Å². The van der Waals surface area contributed by atoms with Crippen molar-refractivity contribution in [3.8, 4) is 0 Å². The lowest BCUT2D eigenvalue weighted by molar-refractivity contribution is 0.182. The predicted octanol–water partition coefficient (Wildman–Crippen LogP) is 0.100. The first-order chi connectivity index (χ1) is 4.18. The molecule has 0 aromatic heterocycles. The SMILES string of the molecule is CCCO.COC(N)=O. The van der Waals surface area contributed by atoms with E-state index in [2.05, 4.69) is 10.5 Å². The summed E-state index contributed by atoms with van der Waals surface area (Å²) in [6.07, 6.45) is 0.130. The maximum Gasteiger partial charge on any atom is 0.404 e. The fraction of sp³-hybridized carbons (Fsp3) is 0.800. The molecule has 9 heavy (non-hydrogen) atoms. The molecule has 0 aliphatic rings. The average molecular weight is 135 g/mol. The molecule has 4 nitrogen and oxygen atoms in total. The van der Waals surface area contributed by atoms with E-state index >= 15 is 0 Å². The fourth-order valence-corrected chi connectivity index (χ4v) is 0. The molecule has 0 heterocycles. The number of methoxy groups -OCH3 is 1. The van der Waals surface area contributed by atoms with E-state index in [9.17, 15) is 4.79 Å². The van der Waals surface area contributed by atoms with E-state index in [0.717, 1.165) is 6.42 Å². The number of carbonyl (C=O) groups excluding carboxylic acids is 1. The monoisotopic (exact) mass is 135 g/mol. The second kappa shape index (κ2) is 10.3. The molecule has 0 aliphatic carbocycles. The molecule has 0 aliphatic heterocycles. The minimum Gasteiger partial charge on any atom is -0.453 e. The topological polar surface area (TPSA) is 72.6 Å². The van der Waals surface area contributed by atoms with Crippen LogP contribution in [0.15, 0.2) is 0 Å². The van der Waals surface area contributed by atoms with Crippen LogP contribution in [0.25, 0.3) is 0 Å². The summed E-state index contributed by atoms with van der Waals surface area (Å²) in [5.74, 6) is 0. The van der Waals surface area contributed by atoms with Gasteiger partial charge in [0, 0.05) is 6.61 Å². The van der Waals surface area contributed by atoms with Gasteiger partial charge in [-0.15, -0.1) is 0 Å². The van der Waals surface area contributed by atoms with E-state index in [4.69, 9.17) is 5.11 Å². The Balaban J connectivity index is 0. The van der Waals surface area contributed by atoms with Crippen molar-refractivity contribution >= 4 is 6.09 Å². The van der Waals surface area contributed by atoms with Crippen molar-refractivity contribution in [3.63, 3.8) is 0 Å². The highest BCUT2D eigenvalue weighted by Gasteiger charge is 1.76. The Bertz CT molecular complexity index is 63.2. The molecule has 4 heteroatoms. The zero-order valence-electron chi connectivity index (χ0n) is 5.76. The Labute approximate surface area is 54.6 Å². The van der Waals surface area contributed by atoms with Gasteiger partial charge in [0.2, 0.25) is 0 Å². The van der Waals surface area contributed by atoms with Gasteiger partial charge < -0.3 is 15.6 Å². The summed E-state index contributed by atoms with van der Waals surface area (Å²) in [6.45, 7) is 2.25. The van der Waals surface area contributed by atoms with Crippen LogP contribution in [0.2, 0.25) is 0 Å². The molecule has 0 saturated heterocycles. The molecular weight excluding hydrogens is 122 g/mol. The number of nitrogens with two attached hydrogens (primary N) is 1. The third kappa shape index (κ3) is 39.8. The quantitative estimate of drug-likeness (QED) is 0.535. The molecule has 0 aromatic rings.